The number of nitrogens with zero attached hydrogens (tertiary/aromatic N) is 3. The Morgan fingerprint density at radius 2 is 1.71 bits per heavy atom. The molecule has 3 rings (SSSR count). The van der Waals surface area contributed by atoms with E-state index in [1.165, 1.54) is 5.69 Å². The molecule has 6 nitrogen and oxygen atoms in total. The van der Waals surface area contributed by atoms with E-state index >= 15 is 0 Å². The molecule has 34 heavy (non-hydrogen) atoms. The highest BCUT2D eigenvalue weighted by Crippen LogP contribution is 2.25. The Balaban J connectivity index is 1.70. The van der Waals surface area contributed by atoms with Crippen molar-refractivity contribution in [3.63, 3.8) is 0 Å². The average Bonchev–Trinajstić information content (AvgIpc) is 2.76. The molecule has 182 valence electrons. The van der Waals surface area contributed by atoms with Gasteiger partial charge in [-0.15, -0.1) is 0 Å². The zero-order chi connectivity index (χ0) is 24.9. The number of anilines is 1. The molecule has 1 heterocycles. The first-order valence-electron chi connectivity index (χ1n) is 12.0. The molecule has 0 bridgehead atoms. The van der Waals surface area contributed by atoms with E-state index in [0.29, 0.717) is 13.0 Å². The SMILES string of the molecule is CN1CCN(c2ccc3cc(C=C(C#N)C(=O)NC(C)(C)CCOC(C)(C)C)ccc3c2)CC1. The minimum Gasteiger partial charge on any atom is -0.376 e. The van der Waals surface area contributed by atoms with Gasteiger partial charge >= 0.3 is 0 Å². The molecule has 0 radical (unpaired) electrons. The van der Waals surface area contributed by atoms with Crippen LogP contribution in [0.2, 0.25) is 0 Å². The molecule has 0 aromatic heterocycles. The van der Waals surface area contributed by atoms with Crippen LogP contribution < -0.4 is 10.2 Å². The number of carbonyl (C=O) groups excluding carboxylic acids is 1. The second-order valence-corrected chi connectivity index (χ2v) is 10.8. The van der Waals surface area contributed by atoms with Gasteiger partial charge in [0.2, 0.25) is 0 Å². The summed E-state index contributed by atoms with van der Waals surface area (Å²) in [5, 5.41) is 14.9. The van der Waals surface area contributed by atoms with Gasteiger partial charge in [-0.05, 0) is 88.7 Å². The number of rotatable bonds is 7. The zero-order valence-corrected chi connectivity index (χ0v) is 21.4. The summed E-state index contributed by atoms with van der Waals surface area (Å²) in [6.45, 7) is 14.6. The Hall–Kier alpha value is -2.88. The van der Waals surface area contributed by atoms with Gasteiger partial charge in [-0.2, -0.15) is 5.26 Å². The maximum atomic E-state index is 12.8. The Kier molecular flexibility index (Phi) is 8.01. The van der Waals surface area contributed by atoms with Crippen molar-refractivity contribution in [1.29, 1.82) is 5.26 Å². The lowest BCUT2D eigenvalue weighted by molar-refractivity contribution is -0.118. The fourth-order valence-electron chi connectivity index (χ4n) is 3.97. The van der Waals surface area contributed by atoms with Crippen LogP contribution in [0.4, 0.5) is 5.69 Å². The highest BCUT2D eigenvalue weighted by molar-refractivity contribution is 6.02. The Labute approximate surface area is 204 Å². The van der Waals surface area contributed by atoms with Crippen molar-refractivity contribution in [1.82, 2.24) is 10.2 Å². The first-order chi connectivity index (χ1) is 16.0. The largest absolute Gasteiger partial charge is 0.376 e. The van der Waals surface area contributed by atoms with E-state index in [0.717, 1.165) is 42.5 Å². The number of likely N-dealkylation sites (N-methyl/N-ethyl adjacent to an activating group) is 1. The van der Waals surface area contributed by atoms with E-state index in [2.05, 4.69) is 52.5 Å². The molecule has 0 saturated carbocycles. The van der Waals surface area contributed by atoms with Crippen molar-refractivity contribution in [2.24, 2.45) is 0 Å². The number of hydrogen-bond acceptors (Lipinski definition) is 5. The summed E-state index contributed by atoms with van der Waals surface area (Å²) in [6, 6.07) is 14.6. The molecule has 1 saturated heterocycles. The van der Waals surface area contributed by atoms with Crippen molar-refractivity contribution < 1.29 is 9.53 Å². The number of benzene rings is 2. The van der Waals surface area contributed by atoms with Crippen molar-refractivity contribution >= 4 is 28.4 Å². The number of nitrogens with one attached hydrogen (secondary N) is 1. The number of hydrogen-bond donors (Lipinski definition) is 1. The van der Waals surface area contributed by atoms with E-state index in [1.54, 1.807) is 6.08 Å². The van der Waals surface area contributed by atoms with Crippen molar-refractivity contribution in [3.05, 3.63) is 47.5 Å². The third kappa shape index (κ3) is 7.31. The van der Waals surface area contributed by atoms with Gasteiger partial charge in [0.1, 0.15) is 11.6 Å². The molecule has 1 N–H and O–H groups in total. The molecular weight excluding hydrogens is 424 g/mol. The molecule has 2 aromatic rings. The average molecular weight is 463 g/mol. The molecule has 1 amide bonds. The van der Waals surface area contributed by atoms with Crippen molar-refractivity contribution in [2.45, 2.75) is 52.2 Å². The monoisotopic (exact) mass is 462 g/mol. The van der Waals surface area contributed by atoms with Crippen LogP contribution in [0.25, 0.3) is 16.8 Å². The number of nitriles is 1. The van der Waals surface area contributed by atoms with E-state index in [-0.39, 0.29) is 17.1 Å². The molecular formula is C28H38N4O2. The molecule has 1 aliphatic rings. The van der Waals surface area contributed by atoms with E-state index in [4.69, 9.17) is 4.74 Å². The minimum atomic E-state index is -0.485. The molecule has 0 aliphatic carbocycles. The van der Waals surface area contributed by atoms with Crippen LogP contribution >= 0.6 is 0 Å². The number of amides is 1. The highest BCUT2D eigenvalue weighted by Gasteiger charge is 2.23. The second-order valence-electron chi connectivity index (χ2n) is 10.8. The third-order valence-corrected chi connectivity index (χ3v) is 6.11. The predicted octanol–water partition coefficient (Wildman–Crippen LogP) is 4.60. The number of carbonyl (C=O) groups is 1. The maximum Gasteiger partial charge on any atom is 0.262 e. The summed E-state index contributed by atoms with van der Waals surface area (Å²) in [5.74, 6) is -0.367. The predicted molar refractivity (Wildman–Crippen MR) is 140 cm³/mol. The van der Waals surface area contributed by atoms with Crippen LogP contribution in [0.15, 0.2) is 42.0 Å². The first kappa shape index (κ1) is 25.7. The van der Waals surface area contributed by atoms with Crippen molar-refractivity contribution in [3.8, 4) is 6.07 Å². The lowest BCUT2D eigenvalue weighted by Crippen LogP contribution is -2.45. The van der Waals surface area contributed by atoms with E-state index in [9.17, 15) is 10.1 Å². The summed E-state index contributed by atoms with van der Waals surface area (Å²) in [5.41, 5.74) is 1.46. The Morgan fingerprint density at radius 3 is 2.35 bits per heavy atom. The lowest BCUT2D eigenvalue weighted by atomic mass is 9.99. The van der Waals surface area contributed by atoms with Crippen LogP contribution in [-0.2, 0) is 9.53 Å². The smallest absolute Gasteiger partial charge is 0.262 e. The van der Waals surface area contributed by atoms with Gasteiger partial charge in [0.25, 0.3) is 5.91 Å². The fourth-order valence-corrected chi connectivity index (χ4v) is 3.97. The standard InChI is InChI=1S/C28H38N4O2/c1-27(2,3)34-16-11-28(4,5)30-26(33)24(20-29)18-21-7-8-23-19-25(10-9-22(23)17-21)32-14-12-31(6)13-15-32/h7-10,17-19H,11-16H2,1-6H3,(H,30,33). The summed E-state index contributed by atoms with van der Waals surface area (Å²) in [6.07, 6.45) is 2.31. The summed E-state index contributed by atoms with van der Waals surface area (Å²) in [7, 11) is 2.16. The lowest BCUT2D eigenvalue weighted by Gasteiger charge is -2.34. The van der Waals surface area contributed by atoms with Gasteiger partial charge in [0.15, 0.2) is 0 Å². The maximum absolute atomic E-state index is 12.8. The summed E-state index contributed by atoms with van der Waals surface area (Å²) < 4.78 is 5.79. The van der Waals surface area contributed by atoms with Gasteiger partial charge in [0, 0.05) is 44.0 Å². The zero-order valence-electron chi connectivity index (χ0n) is 21.4. The third-order valence-electron chi connectivity index (χ3n) is 6.11. The molecule has 1 fully saturated rings. The van der Waals surface area contributed by atoms with E-state index in [1.807, 2.05) is 46.8 Å². The fraction of sp³-hybridized carbons (Fsp3) is 0.500. The van der Waals surface area contributed by atoms with Crippen molar-refractivity contribution in [2.75, 3.05) is 44.7 Å². The van der Waals surface area contributed by atoms with Crippen LogP contribution in [0.1, 0.15) is 46.6 Å². The normalized spacial score (nSPS) is 15.9. The second kappa shape index (κ2) is 10.6. The number of fused-ring (bicyclic) bond motifs is 1. The Morgan fingerprint density at radius 1 is 1.06 bits per heavy atom. The molecule has 1 aliphatic heterocycles. The van der Waals surface area contributed by atoms with E-state index < -0.39 is 5.54 Å². The topological polar surface area (TPSA) is 68.6 Å². The van der Waals surface area contributed by atoms with Crippen LogP contribution in [0.3, 0.4) is 0 Å². The summed E-state index contributed by atoms with van der Waals surface area (Å²) >= 11 is 0. The molecule has 0 unspecified atom stereocenters. The van der Waals surface area contributed by atoms with Crippen LogP contribution in [-0.4, -0.2) is 61.8 Å². The van der Waals surface area contributed by atoms with Gasteiger partial charge < -0.3 is 19.9 Å². The van der Waals surface area contributed by atoms with Gasteiger partial charge in [-0.3, -0.25) is 4.79 Å². The molecule has 6 heteroatoms. The molecule has 2 aromatic carbocycles. The highest BCUT2D eigenvalue weighted by atomic mass is 16.5. The quantitative estimate of drug-likeness (QED) is 0.481. The molecule has 0 atom stereocenters. The summed E-state index contributed by atoms with van der Waals surface area (Å²) in [4.78, 5) is 17.6. The molecule has 0 spiro atoms. The number of ether oxygens (including phenoxy) is 1. The minimum absolute atomic E-state index is 0.0956. The number of piperazine rings is 1. The first-order valence-corrected chi connectivity index (χ1v) is 12.0. The van der Waals surface area contributed by atoms with Gasteiger partial charge in [-0.25, -0.2) is 0 Å². The van der Waals surface area contributed by atoms with Crippen LogP contribution in [0, 0.1) is 11.3 Å². The van der Waals surface area contributed by atoms with Gasteiger partial charge in [-0.1, -0.05) is 18.2 Å². The van der Waals surface area contributed by atoms with Gasteiger partial charge in [0.05, 0.1) is 5.60 Å². The van der Waals surface area contributed by atoms with Crippen LogP contribution in [0.5, 0.6) is 0 Å². The Bertz CT molecular complexity index is 1080.